The van der Waals surface area contributed by atoms with Crippen molar-refractivity contribution in [3.05, 3.63) is 64.7 Å². The zero-order chi connectivity index (χ0) is 18.6. The minimum atomic E-state index is -0.132. The number of hydrogen-bond acceptors (Lipinski definition) is 2. The lowest BCUT2D eigenvalue weighted by Gasteiger charge is -2.40. The normalized spacial score (nSPS) is 15.7. The van der Waals surface area contributed by atoms with Gasteiger partial charge in [-0.05, 0) is 36.4 Å². The minimum absolute atomic E-state index is 0.132. The molecule has 2 aromatic rings. The van der Waals surface area contributed by atoms with Crippen molar-refractivity contribution in [2.75, 3.05) is 32.6 Å². The van der Waals surface area contributed by atoms with Crippen LogP contribution in [0.5, 0.6) is 0 Å². The highest BCUT2D eigenvalue weighted by Crippen LogP contribution is 2.23. The molecule has 26 heavy (non-hydrogen) atoms. The molecule has 1 N–H and O–H groups in total. The van der Waals surface area contributed by atoms with Crippen LogP contribution in [0.25, 0.3) is 0 Å². The van der Waals surface area contributed by atoms with E-state index in [4.69, 9.17) is 16.3 Å². The Morgan fingerprint density at radius 1 is 1.08 bits per heavy atom. The van der Waals surface area contributed by atoms with E-state index in [1.54, 1.807) is 24.3 Å². The molecule has 4 nitrogen and oxygen atoms in total. The number of rotatable bonds is 5. The van der Waals surface area contributed by atoms with Gasteiger partial charge in [0.1, 0.15) is 6.54 Å². The van der Waals surface area contributed by atoms with Gasteiger partial charge in [0.25, 0.3) is 5.91 Å². The van der Waals surface area contributed by atoms with Crippen LogP contribution in [0.1, 0.15) is 28.8 Å². The van der Waals surface area contributed by atoms with Crippen LogP contribution in [-0.2, 0) is 11.3 Å². The third-order valence-electron chi connectivity index (χ3n) is 5.09. The fraction of sp³-hybridized carbons (Fsp3) is 0.381. The number of ether oxygens (including phenoxy) is 1. The first-order chi connectivity index (χ1) is 12.4. The van der Waals surface area contributed by atoms with Crippen molar-refractivity contribution in [2.24, 2.45) is 0 Å². The third-order valence-corrected chi connectivity index (χ3v) is 5.34. The summed E-state index contributed by atoms with van der Waals surface area (Å²) in [5, 5.41) is 3.55. The molecule has 1 saturated heterocycles. The van der Waals surface area contributed by atoms with Gasteiger partial charge in [-0.25, -0.2) is 0 Å². The number of anilines is 1. The van der Waals surface area contributed by atoms with Gasteiger partial charge in [0, 0.05) is 34.7 Å². The Hall–Kier alpha value is -1.88. The Bertz CT molecular complexity index is 736. The van der Waals surface area contributed by atoms with Crippen LogP contribution in [0.4, 0.5) is 5.69 Å². The van der Waals surface area contributed by atoms with E-state index < -0.39 is 0 Å². The highest BCUT2D eigenvalue weighted by molar-refractivity contribution is 6.30. The molecule has 1 heterocycles. The summed E-state index contributed by atoms with van der Waals surface area (Å²) < 4.78 is 6.44. The predicted molar refractivity (Wildman–Crippen MR) is 106 cm³/mol. The fourth-order valence-corrected chi connectivity index (χ4v) is 3.61. The lowest BCUT2D eigenvalue weighted by atomic mass is 10.0. The molecule has 0 aromatic heterocycles. The number of benzene rings is 2. The van der Waals surface area contributed by atoms with Gasteiger partial charge in [-0.15, -0.1) is 0 Å². The van der Waals surface area contributed by atoms with E-state index in [0.29, 0.717) is 16.6 Å². The molecule has 5 heteroatoms. The molecule has 0 unspecified atom stereocenters. The maximum atomic E-state index is 12.3. The van der Waals surface area contributed by atoms with E-state index in [-0.39, 0.29) is 5.91 Å². The number of nitrogens with zero attached hydrogens (tertiary/aromatic N) is 1. The predicted octanol–water partition coefficient (Wildman–Crippen LogP) is 4.35. The number of carbonyl (C=O) groups is 1. The number of carbonyl (C=O) groups excluding carboxylic acids is 1. The van der Waals surface area contributed by atoms with Crippen LogP contribution >= 0.6 is 11.6 Å². The maximum Gasteiger partial charge on any atom is 0.255 e. The van der Waals surface area contributed by atoms with Crippen LogP contribution < -0.4 is 5.32 Å². The Morgan fingerprint density at radius 2 is 1.69 bits per heavy atom. The molecule has 2 aromatic carbocycles. The second-order valence-electron chi connectivity index (χ2n) is 7.44. The van der Waals surface area contributed by atoms with Crippen LogP contribution in [0.2, 0.25) is 5.02 Å². The minimum Gasteiger partial charge on any atom is -0.381 e. The molecule has 0 spiro atoms. The number of hydrogen-bond donors (Lipinski definition) is 1. The summed E-state index contributed by atoms with van der Waals surface area (Å²) >= 11 is 5.86. The monoisotopic (exact) mass is 373 g/mol. The van der Waals surface area contributed by atoms with E-state index in [1.165, 1.54) is 5.56 Å². The summed E-state index contributed by atoms with van der Waals surface area (Å²) in [4.78, 5) is 12.3. The standard InChI is InChI=1S/C21H25ClN2O2/c1-24(2,20-11-13-26-14-12-20)15-16-3-9-19(10-4-16)23-21(25)17-5-7-18(22)8-6-17/h3-10,20H,11-15H2,1-2H3/p+1. The highest BCUT2D eigenvalue weighted by atomic mass is 35.5. The third kappa shape index (κ3) is 4.85. The van der Waals surface area contributed by atoms with Crippen molar-refractivity contribution in [3.63, 3.8) is 0 Å². The van der Waals surface area contributed by atoms with Crippen molar-refractivity contribution in [1.82, 2.24) is 0 Å². The summed E-state index contributed by atoms with van der Waals surface area (Å²) in [7, 11) is 4.57. The van der Waals surface area contributed by atoms with Crippen LogP contribution in [-0.4, -0.2) is 43.7 Å². The molecule has 0 atom stereocenters. The average molecular weight is 374 g/mol. The molecular formula is C21H26ClN2O2+. The SMILES string of the molecule is C[N+](C)(Cc1ccc(NC(=O)c2ccc(Cl)cc2)cc1)C1CCOCC1. The molecule has 1 aliphatic rings. The second kappa shape index (κ2) is 8.21. The van der Waals surface area contributed by atoms with Gasteiger partial charge in [-0.2, -0.15) is 0 Å². The van der Waals surface area contributed by atoms with E-state index >= 15 is 0 Å². The summed E-state index contributed by atoms with van der Waals surface area (Å²) in [5.74, 6) is -0.132. The lowest BCUT2D eigenvalue weighted by Crippen LogP contribution is -2.50. The van der Waals surface area contributed by atoms with Crippen molar-refractivity contribution in [3.8, 4) is 0 Å². The average Bonchev–Trinajstić information content (AvgIpc) is 2.64. The molecule has 1 fully saturated rings. The molecule has 0 saturated carbocycles. The van der Waals surface area contributed by atoms with Gasteiger partial charge in [-0.1, -0.05) is 23.7 Å². The van der Waals surface area contributed by atoms with Crippen molar-refractivity contribution in [1.29, 1.82) is 0 Å². The largest absolute Gasteiger partial charge is 0.381 e. The number of nitrogens with one attached hydrogen (secondary N) is 1. The molecule has 0 aliphatic carbocycles. The van der Waals surface area contributed by atoms with Gasteiger partial charge in [-0.3, -0.25) is 4.79 Å². The van der Waals surface area contributed by atoms with E-state index in [9.17, 15) is 4.79 Å². The molecule has 138 valence electrons. The first kappa shape index (κ1) is 18.9. The maximum absolute atomic E-state index is 12.3. The summed E-state index contributed by atoms with van der Waals surface area (Å²) in [5.41, 5.74) is 2.66. The van der Waals surface area contributed by atoms with Crippen molar-refractivity contribution >= 4 is 23.2 Å². The molecule has 0 bridgehead atoms. The molecule has 1 amide bonds. The first-order valence-corrected chi connectivity index (χ1v) is 9.38. The Kier molecular flexibility index (Phi) is 5.97. The molecular weight excluding hydrogens is 348 g/mol. The number of quaternary nitrogens is 1. The van der Waals surface area contributed by atoms with Gasteiger partial charge in [0.15, 0.2) is 0 Å². The summed E-state index contributed by atoms with van der Waals surface area (Å²) in [6.45, 7) is 2.69. The zero-order valence-corrected chi connectivity index (χ0v) is 16.1. The zero-order valence-electron chi connectivity index (χ0n) is 15.4. The number of halogens is 1. The first-order valence-electron chi connectivity index (χ1n) is 9.00. The summed E-state index contributed by atoms with van der Waals surface area (Å²) in [6.07, 6.45) is 2.23. The summed E-state index contributed by atoms with van der Waals surface area (Å²) in [6, 6.07) is 15.6. The van der Waals surface area contributed by atoms with Gasteiger partial charge < -0.3 is 14.5 Å². The van der Waals surface area contributed by atoms with E-state index in [2.05, 4.69) is 31.5 Å². The molecule has 1 aliphatic heterocycles. The highest BCUT2D eigenvalue weighted by Gasteiger charge is 2.30. The van der Waals surface area contributed by atoms with E-state index in [0.717, 1.165) is 42.8 Å². The van der Waals surface area contributed by atoms with E-state index in [1.807, 2.05) is 12.1 Å². The van der Waals surface area contributed by atoms with Crippen LogP contribution in [0.3, 0.4) is 0 Å². The van der Waals surface area contributed by atoms with Crippen LogP contribution in [0, 0.1) is 0 Å². The Labute approximate surface area is 160 Å². The van der Waals surface area contributed by atoms with Gasteiger partial charge in [0.05, 0.1) is 33.4 Å². The Balaban J connectivity index is 1.61. The lowest BCUT2D eigenvalue weighted by molar-refractivity contribution is -0.929. The smallest absolute Gasteiger partial charge is 0.255 e. The van der Waals surface area contributed by atoms with Crippen molar-refractivity contribution in [2.45, 2.75) is 25.4 Å². The molecule has 0 radical (unpaired) electrons. The van der Waals surface area contributed by atoms with Gasteiger partial charge in [0.2, 0.25) is 0 Å². The number of amides is 1. The Morgan fingerprint density at radius 3 is 2.31 bits per heavy atom. The topological polar surface area (TPSA) is 38.3 Å². The quantitative estimate of drug-likeness (QED) is 0.791. The molecule has 3 rings (SSSR count). The fourth-order valence-electron chi connectivity index (χ4n) is 3.48. The van der Waals surface area contributed by atoms with Gasteiger partial charge >= 0.3 is 0 Å². The van der Waals surface area contributed by atoms with Crippen molar-refractivity contribution < 1.29 is 14.0 Å². The second-order valence-corrected chi connectivity index (χ2v) is 7.87. The van der Waals surface area contributed by atoms with Crippen LogP contribution in [0.15, 0.2) is 48.5 Å².